The Hall–Kier alpha value is -1.29. The molecule has 154 valence electrons. The molecule has 8 heteroatoms. The van der Waals surface area contributed by atoms with E-state index in [4.69, 9.17) is 9.15 Å². The first-order valence-electron chi connectivity index (χ1n) is 9.25. The number of hydrogen-bond donors (Lipinski definition) is 3. The van der Waals surface area contributed by atoms with Crippen LogP contribution in [0.15, 0.2) is 27.8 Å². The molecule has 1 aliphatic rings. The zero-order valence-electron chi connectivity index (χ0n) is 16.7. The maximum absolute atomic E-state index is 11.9. The molecule has 2 rings (SSSR count). The molecule has 0 saturated carbocycles. The minimum atomic E-state index is -0.113. The molecule has 2 atom stereocenters. The number of carbonyl (C=O) groups is 1. The van der Waals surface area contributed by atoms with Crippen molar-refractivity contribution in [1.82, 2.24) is 16.0 Å². The monoisotopic (exact) mass is 492 g/mol. The number of guanidine groups is 1. The maximum Gasteiger partial charge on any atom is 0.239 e. The highest BCUT2D eigenvalue weighted by Gasteiger charge is 2.35. The fourth-order valence-electron chi connectivity index (χ4n) is 3.28. The summed E-state index contributed by atoms with van der Waals surface area (Å²) in [7, 11) is 1.70. The summed E-state index contributed by atoms with van der Waals surface area (Å²) in [6.45, 7) is 8.79. The van der Waals surface area contributed by atoms with Gasteiger partial charge in [-0.15, -0.1) is 24.0 Å². The second-order valence-electron chi connectivity index (χ2n) is 7.72. The summed E-state index contributed by atoms with van der Waals surface area (Å²) in [5.41, 5.74) is 0.107. The Balaban J connectivity index is 0.00000364. The van der Waals surface area contributed by atoms with Crippen molar-refractivity contribution in [2.24, 2.45) is 16.3 Å². The average Bonchev–Trinajstić information content (AvgIpc) is 3.13. The van der Waals surface area contributed by atoms with Crippen molar-refractivity contribution in [1.29, 1.82) is 0 Å². The zero-order chi connectivity index (χ0) is 19.0. The summed E-state index contributed by atoms with van der Waals surface area (Å²) in [4.78, 5) is 16.1. The number of rotatable bonds is 6. The Bertz CT molecular complexity index is 584. The molecule has 1 amide bonds. The predicted octanol–water partition coefficient (Wildman–Crippen LogP) is 2.52. The highest BCUT2D eigenvalue weighted by molar-refractivity contribution is 14.0. The predicted molar refractivity (Wildman–Crippen MR) is 117 cm³/mol. The first-order valence-corrected chi connectivity index (χ1v) is 9.25. The molecule has 0 aliphatic carbocycles. The third kappa shape index (κ3) is 8.08. The largest absolute Gasteiger partial charge is 0.467 e. The van der Waals surface area contributed by atoms with Gasteiger partial charge < -0.3 is 25.1 Å². The van der Waals surface area contributed by atoms with E-state index in [2.05, 4.69) is 41.7 Å². The van der Waals surface area contributed by atoms with Crippen LogP contribution in [-0.2, 0) is 16.1 Å². The number of halogens is 1. The van der Waals surface area contributed by atoms with E-state index >= 15 is 0 Å². The van der Waals surface area contributed by atoms with Crippen LogP contribution in [0.2, 0.25) is 0 Å². The van der Waals surface area contributed by atoms with Crippen molar-refractivity contribution in [2.45, 2.75) is 46.3 Å². The molecule has 1 fully saturated rings. The molecule has 3 N–H and O–H groups in total. The third-order valence-corrected chi connectivity index (χ3v) is 4.51. The van der Waals surface area contributed by atoms with Gasteiger partial charge in [0.05, 0.1) is 25.5 Å². The van der Waals surface area contributed by atoms with Gasteiger partial charge in [0.1, 0.15) is 5.76 Å². The molecule has 7 nitrogen and oxygen atoms in total. The van der Waals surface area contributed by atoms with Gasteiger partial charge in [-0.05, 0) is 30.4 Å². The average molecular weight is 492 g/mol. The van der Waals surface area contributed by atoms with Gasteiger partial charge in [0, 0.05) is 26.1 Å². The molecule has 2 heterocycles. The Morgan fingerprint density at radius 3 is 2.70 bits per heavy atom. The van der Waals surface area contributed by atoms with Crippen LogP contribution >= 0.6 is 24.0 Å². The lowest BCUT2D eigenvalue weighted by molar-refractivity contribution is -0.120. The Kier molecular flexibility index (Phi) is 10.1. The number of aliphatic imine (C=N–C) groups is 1. The van der Waals surface area contributed by atoms with Crippen LogP contribution in [0.3, 0.4) is 0 Å². The minimum Gasteiger partial charge on any atom is -0.467 e. The fraction of sp³-hybridized carbons (Fsp3) is 0.684. The standard InChI is InChI=1S/C19H32N4O3.HI/c1-19(2,3)17-14(7-5-10-26-17)11-22-18(20-4)23-13-16(24)21-12-15-8-6-9-25-15;/h6,8-9,14,17H,5,7,10-13H2,1-4H3,(H,21,24)(H2,20,22,23);1H. The Morgan fingerprint density at radius 2 is 2.07 bits per heavy atom. The van der Waals surface area contributed by atoms with Crippen molar-refractivity contribution in [3.05, 3.63) is 24.2 Å². The number of furan rings is 1. The number of amides is 1. The first kappa shape index (κ1) is 23.7. The van der Waals surface area contributed by atoms with Crippen LogP contribution in [0.1, 0.15) is 39.4 Å². The van der Waals surface area contributed by atoms with Crippen LogP contribution in [0.25, 0.3) is 0 Å². The summed E-state index contributed by atoms with van der Waals surface area (Å²) in [5, 5.41) is 9.17. The first-order chi connectivity index (χ1) is 12.4. The van der Waals surface area contributed by atoms with Crippen molar-refractivity contribution in [3.63, 3.8) is 0 Å². The van der Waals surface area contributed by atoms with Crippen LogP contribution < -0.4 is 16.0 Å². The van der Waals surface area contributed by atoms with E-state index in [0.717, 1.165) is 31.8 Å². The van der Waals surface area contributed by atoms with Gasteiger partial charge in [-0.25, -0.2) is 0 Å². The molecular weight excluding hydrogens is 459 g/mol. The summed E-state index contributed by atoms with van der Waals surface area (Å²) in [6.07, 6.45) is 4.03. The van der Waals surface area contributed by atoms with Gasteiger partial charge in [-0.2, -0.15) is 0 Å². The Labute approximate surface area is 179 Å². The topological polar surface area (TPSA) is 87.9 Å². The molecule has 0 aromatic carbocycles. The number of hydrogen-bond acceptors (Lipinski definition) is 4. The molecule has 0 radical (unpaired) electrons. The van der Waals surface area contributed by atoms with E-state index in [0.29, 0.717) is 18.4 Å². The molecule has 2 unspecified atom stereocenters. The summed E-state index contributed by atoms with van der Waals surface area (Å²) in [6, 6.07) is 3.62. The normalized spacial score (nSPS) is 20.5. The molecule has 1 aliphatic heterocycles. The summed E-state index contributed by atoms with van der Waals surface area (Å²) >= 11 is 0. The number of nitrogens with zero attached hydrogens (tertiary/aromatic N) is 1. The highest BCUT2D eigenvalue weighted by Crippen LogP contribution is 2.33. The van der Waals surface area contributed by atoms with Gasteiger partial charge in [0.2, 0.25) is 5.91 Å². The fourth-order valence-corrected chi connectivity index (χ4v) is 3.28. The molecule has 27 heavy (non-hydrogen) atoms. The van der Waals surface area contributed by atoms with Gasteiger partial charge in [-0.1, -0.05) is 20.8 Å². The van der Waals surface area contributed by atoms with E-state index in [1.807, 2.05) is 6.07 Å². The van der Waals surface area contributed by atoms with Crippen molar-refractivity contribution in [3.8, 4) is 0 Å². The van der Waals surface area contributed by atoms with Crippen molar-refractivity contribution in [2.75, 3.05) is 26.7 Å². The molecule has 1 saturated heterocycles. The number of nitrogens with one attached hydrogen (secondary N) is 3. The quantitative estimate of drug-likeness (QED) is 0.323. The minimum absolute atomic E-state index is 0. The lowest BCUT2D eigenvalue weighted by Gasteiger charge is -2.40. The number of ether oxygens (including phenoxy) is 1. The van der Waals surface area contributed by atoms with Crippen molar-refractivity contribution >= 4 is 35.8 Å². The van der Waals surface area contributed by atoms with Crippen LogP contribution in [0.5, 0.6) is 0 Å². The lowest BCUT2D eigenvalue weighted by atomic mass is 9.78. The van der Waals surface area contributed by atoms with Crippen molar-refractivity contribution < 1.29 is 13.9 Å². The lowest BCUT2D eigenvalue weighted by Crippen LogP contribution is -2.48. The van der Waals surface area contributed by atoms with Gasteiger partial charge in [-0.3, -0.25) is 9.79 Å². The van der Waals surface area contributed by atoms with Crippen LogP contribution in [0, 0.1) is 11.3 Å². The zero-order valence-corrected chi connectivity index (χ0v) is 19.0. The highest BCUT2D eigenvalue weighted by atomic mass is 127. The van der Waals surface area contributed by atoms with E-state index in [-0.39, 0.29) is 47.9 Å². The van der Waals surface area contributed by atoms with E-state index < -0.39 is 0 Å². The van der Waals surface area contributed by atoms with Crippen LogP contribution in [-0.4, -0.2) is 44.7 Å². The SMILES string of the molecule is CN=C(NCC(=O)NCc1ccco1)NCC1CCCOC1C(C)(C)C.I. The number of carbonyl (C=O) groups excluding carboxylic acids is 1. The second kappa shape index (κ2) is 11.5. The maximum atomic E-state index is 11.9. The van der Waals surface area contributed by atoms with E-state index in [9.17, 15) is 4.79 Å². The molecule has 0 spiro atoms. The smallest absolute Gasteiger partial charge is 0.239 e. The molecule has 1 aromatic heterocycles. The molecule has 0 bridgehead atoms. The summed E-state index contributed by atoms with van der Waals surface area (Å²) < 4.78 is 11.2. The van der Waals surface area contributed by atoms with E-state index in [1.54, 1.807) is 19.4 Å². The Morgan fingerprint density at radius 1 is 1.30 bits per heavy atom. The molecular formula is C19H33IN4O3. The van der Waals surface area contributed by atoms with Gasteiger partial charge >= 0.3 is 0 Å². The second-order valence-corrected chi connectivity index (χ2v) is 7.72. The van der Waals surface area contributed by atoms with Gasteiger partial charge in [0.25, 0.3) is 0 Å². The summed E-state index contributed by atoms with van der Waals surface area (Å²) in [5.74, 6) is 1.66. The van der Waals surface area contributed by atoms with E-state index in [1.165, 1.54) is 0 Å². The third-order valence-electron chi connectivity index (χ3n) is 4.51. The van der Waals surface area contributed by atoms with Crippen LogP contribution in [0.4, 0.5) is 0 Å². The molecule has 1 aromatic rings. The van der Waals surface area contributed by atoms with Gasteiger partial charge in [0.15, 0.2) is 5.96 Å².